The summed E-state index contributed by atoms with van der Waals surface area (Å²) in [4.78, 5) is 35.1. The van der Waals surface area contributed by atoms with Crippen LogP contribution in [0.4, 0.5) is 0 Å². The van der Waals surface area contributed by atoms with E-state index in [9.17, 15) is 19.5 Å². The Bertz CT molecular complexity index is 547. The largest absolute Gasteiger partial charge is 0.466 e. The summed E-state index contributed by atoms with van der Waals surface area (Å²) < 4.78 is 4.85. The summed E-state index contributed by atoms with van der Waals surface area (Å²) >= 11 is 0. The highest BCUT2D eigenvalue weighted by atomic mass is 16.5. The molecule has 0 aromatic heterocycles. The molecule has 7 heteroatoms. The third kappa shape index (κ3) is 5.71. The molecule has 0 spiro atoms. The number of hydrogen-bond donors (Lipinski definition) is 3. The van der Waals surface area contributed by atoms with Gasteiger partial charge in [0.25, 0.3) is 5.91 Å². The number of aliphatic hydroxyl groups excluding tert-OH is 1. The van der Waals surface area contributed by atoms with Crippen molar-refractivity contribution in [1.82, 2.24) is 5.32 Å². The minimum absolute atomic E-state index is 0.00141. The molecular formula is C16H22N2O5. The number of rotatable bonds is 8. The first-order chi connectivity index (χ1) is 10.9. The second-order valence-corrected chi connectivity index (χ2v) is 5.17. The quantitative estimate of drug-likeness (QED) is 0.594. The Morgan fingerprint density at radius 3 is 2.39 bits per heavy atom. The van der Waals surface area contributed by atoms with Gasteiger partial charge in [0, 0.05) is 0 Å². The number of nitrogens with two attached hydrogens (primary N) is 1. The lowest BCUT2D eigenvalue weighted by atomic mass is 10.0. The highest BCUT2D eigenvalue weighted by Gasteiger charge is 2.27. The molecule has 0 aliphatic heterocycles. The number of aliphatic hydroxyl groups is 1. The molecular weight excluding hydrogens is 300 g/mol. The molecule has 7 nitrogen and oxygen atoms in total. The summed E-state index contributed by atoms with van der Waals surface area (Å²) in [7, 11) is 0. The number of nitrogens with one attached hydrogen (secondary N) is 1. The zero-order valence-electron chi connectivity index (χ0n) is 13.2. The highest BCUT2D eigenvalue weighted by Crippen LogP contribution is 2.14. The third-order valence-electron chi connectivity index (χ3n) is 3.30. The first kappa shape index (κ1) is 18.6. The van der Waals surface area contributed by atoms with Crippen LogP contribution in [-0.2, 0) is 19.1 Å². The molecule has 0 aliphatic carbocycles. The number of amides is 2. The minimum Gasteiger partial charge on any atom is -0.466 e. The van der Waals surface area contributed by atoms with E-state index in [1.165, 1.54) is 0 Å². The van der Waals surface area contributed by atoms with Crippen LogP contribution in [0.2, 0.25) is 0 Å². The normalized spacial score (nSPS) is 14.4. The van der Waals surface area contributed by atoms with E-state index in [0.717, 1.165) is 0 Å². The maximum atomic E-state index is 12.1. The van der Waals surface area contributed by atoms with E-state index in [4.69, 9.17) is 10.5 Å². The first-order valence-electron chi connectivity index (χ1n) is 7.36. The van der Waals surface area contributed by atoms with Gasteiger partial charge in [0.1, 0.15) is 6.04 Å². The Morgan fingerprint density at radius 2 is 1.87 bits per heavy atom. The van der Waals surface area contributed by atoms with Gasteiger partial charge >= 0.3 is 5.97 Å². The maximum absolute atomic E-state index is 12.1. The molecule has 0 aliphatic rings. The van der Waals surface area contributed by atoms with Crippen LogP contribution in [-0.4, -0.2) is 35.5 Å². The molecule has 0 unspecified atom stereocenters. The van der Waals surface area contributed by atoms with Crippen molar-refractivity contribution < 1.29 is 24.2 Å². The molecule has 4 N–H and O–H groups in total. The van der Waals surface area contributed by atoms with E-state index in [1.807, 2.05) is 0 Å². The van der Waals surface area contributed by atoms with Crippen molar-refractivity contribution in [3.8, 4) is 0 Å². The smallest absolute Gasteiger partial charge is 0.308 e. The lowest BCUT2D eigenvalue weighted by molar-refractivity contribution is -0.148. The van der Waals surface area contributed by atoms with Crippen LogP contribution < -0.4 is 11.1 Å². The van der Waals surface area contributed by atoms with Crippen LogP contribution in [0.3, 0.4) is 0 Å². The fourth-order valence-corrected chi connectivity index (χ4v) is 2.02. The SMILES string of the molecule is CCOC(=O)[C@@H](C)C[C@@H](NC(=O)[C@@H](O)c1ccccc1)C(N)=O. The Morgan fingerprint density at radius 1 is 1.26 bits per heavy atom. The number of hydrogen-bond acceptors (Lipinski definition) is 5. The fourth-order valence-electron chi connectivity index (χ4n) is 2.02. The monoisotopic (exact) mass is 322 g/mol. The molecule has 0 saturated carbocycles. The molecule has 0 heterocycles. The molecule has 23 heavy (non-hydrogen) atoms. The third-order valence-corrected chi connectivity index (χ3v) is 3.30. The van der Waals surface area contributed by atoms with Gasteiger partial charge < -0.3 is 20.9 Å². The predicted molar refractivity (Wildman–Crippen MR) is 82.9 cm³/mol. The van der Waals surface area contributed by atoms with Crippen LogP contribution in [0.25, 0.3) is 0 Å². The molecule has 1 aromatic carbocycles. The van der Waals surface area contributed by atoms with Crippen molar-refractivity contribution in [2.45, 2.75) is 32.4 Å². The van der Waals surface area contributed by atoms with Crippen molar-refractivity contribution >= 4 is 17.8 Å². The standard InChI is InChI=1S/C16H22N2O5/c1-3-23-16(22)10(2)9-12(14(17)20)18-15(21)13(19)11-7-5-4-6-8-11/h4-8,10,12-13,19H,3,9H2,1-2H3,(H2,17,20)(H,18,21)/t10-,12+,13-/m0/s1. The molecule has 1 rings (SSSR count). The van der Waals surface area contributed by atoms with Gasteiger partial charge in [-0.25, -0.2) is 0 Å². The summed E-state index contributed by atoms with van der Waals surface area (Å²) in [6.45, 7) is 3.48. The minimum atomic E-state index is -1.42. The number of carbonyl (C=O) groups excluding carboxylic acids is 3. The van der Waals surface area contributed by atoms with E-state index in [-0.39, 0.29) is 13.0 Å². The highest BCUT2D eigenvalue weighted by molar-refractivity contribution is 5.89. The van der Waals surface area contributed by atoms with Crippen molar-refractivity contribution in [3.05, 3.63) is 35.9 Å². The lowest BCUT2D eigenvalue weighted by Crippen LogP contribution is -2.47. The van der Waals surface area contributed by atoms with Crippen molar-refractivity contribution in [2.75, 3.05) is 6.61 Å². The Kier molecular flexibility index (Phi) is 7.21. The Labute approximate surface area is 134 Å². The summed E-state index contributed by atoms with van der Waals surface area (Å²) in [5, 5.41) is 12.4. The number of primary amides is 1. The Hall–Kier alpha value is -2.41. The van der Waals surface area contributed by atoms with Gasteiger partial charge in [-0.1, -0.05) is 37.3 Å². The summed E-state index contributed by atoms with van der Waals surface area (Å²) in [5.41, 5.74) is 5.65. The number of benzene rings is 1. The van der Waals surface area contributed by atoms with Gasteiger partial charge in [0.15, 0.2) is 6.10 Å². The van der Waals surface area contributed by atoms with Gasteiger partial charge in [-0.2, -0.15) is 0 Å². The first-order valence-corrected chi connectivity index (χ1v) is 7.36. The van der Waals surface area contributed by atoms with E-state index in [2.05, 4.69) is 5.32 Å². The molecule has 0 radical (unpaired) electrons. The Balaban J connectivity index is 2.70. The van der Waals surface area contributed by atoms with Crippen LogP contribution in [0.15, 0.2) is 30.3 Å². The van der Waals surface area contributed by atoms with Gasteiger partial charge in [-0.05, 0) is 18.9 Å². The maximum Gasteiger partial charge on any atom is 0.308 e. The molecule has 3 atom stereocenters. The molecule has 0 saturated heterocycles. The zero-order valence-corrected chi connectivity index (χ0v) is 13.2. The van der Waals surface area contributed by atoms with Crippen molar-refractivity contribution in [3.63, 3.8) is 0 Å². The van der Waals surface area contributed by atoms with E-state index < -0.39 is 35.8 Å². The van der Waals surface area contributed by atoms with E-state index in [0.29, 0.717) is 5.56 Å². The molecule has 1 aromatic rings. The molecule has 126 valence electrons. The van der Waals surface area contributed by atoms with Gasteiger partial charge in [-0.3, -0.25) is 14.4 Å². The van der Waals surface area contributed by atoms with Crippen LogP contribution in [0.5, 0.6) is 0 Å². The second kappa shape index (κ2) is 8.89. The zero-order chi connectivity index (χ0) is 17.4. The van der Waals surface area contributed by atoms with Crippen LogP contribution in [0.1, 0.15) is 31.9 Å². The number of esters is 1. The number of ether oxygens (including phenoxy) is 1. The van der Waals surface area contributed by atoms with Gasteiger partial charge in [-0.15, -0.1) is 0 Å². The van der Waals surface area contributed by atoms with Gasteiger partial charge in [0.2, 0.25) is 5.91 Å². The van der Waals surface area contributed by atoms with Crippen LogP contribution >= 0.6 is 0 Å². The van der Waals surface area contributed by atoms with Gasteiger partial charge in [0.05, 0.1) is 12.5 Å². The average molecular weight is 322 g/mol. The van der Waals surface area contributed by atoms with E-state index in [1.54, 1.807) is 44.2 Å². The second-order valence-electron chi connectivity index (χ2n) is 5.17. The predicted octanol–water partition coefficient (Wildman–Crippen LogP) is 0.279. The van der Waals surface area contributed by atoms with E-state index >= 15 is 0 Å². The molecule has 2 amide bonds. The van der Waals surface area contributed by atoms with Crippen molar-refractivity contribution in [1.29, 1.82) is 0 Å². The lowest BCUT2D eigenvalue weighted by Gasteiger charge is -2.20. The fraction of sp³-hybridized carbons (Fsp3) is 0.438. The molecule has 0 bridgehead atoms. The van der Waals surface area contributed by atoms with Crippen LogP contribution in [0, 0.1) is 5.92 Å². The van der Waals surface area contributed by atoms with Crippen molar-refractivity contribution in [2.24, 2.45) is 11.7 Å². The summed E-state index contributed by atoms with van der Waals surface area (Å²) in [6, 6.07) is 7.22. The number of carbonyl (C=O) groups is 3. The topological polar surface area (TPSA) is 119 Å². The summed E-state index contributed by atoms with van der Waals surface area (Å²) in [6.07, 6.45) is -1.42. The average Bonchev–Trinajstić information content (AvgIpc) is 2.54. The molecule has 0 fully saturated rings. The summed E-state index contributed by atoms with van der Waals surface area (Å²) in [5.74, 6) is -2.62.